The average Bonchev–Trinajstić information content (AvgIpc) is 2.31. The Morgan fingerprint density at radius 3 is 3.10 bits per heavy atom. The Morgan fingerprint density at radius 2 is 2.60 bits per heavy atom. The van der Waals surface area contributed by atoms with E-state index in [-0.39, 0.29) is 0 Å². The molecule has 0 radical (unpaired) electrons. The van der Waals surface area contributed by atoms with Crippen LogP contribution in [0.4, 0.5) is 0 Å². The summed E-state index contributed by atoms with van der Waals surface area (Å²) in [4.78, 5) is 4.06. The molecule has 0 N–H and O–H groups in total. The van der Waals surface area contributed by atoms with E-state index in [0.29, 0.717) is 0 Å². The lowest BCUT2D eigenvalue weighted by atomic mass is 10.5. The molecule has 0 amide bonds. The topological polar surface area (TPSA) is 22.1 Å². The Kier molecular flexibility index (Phi) is 3.15. The van der Waals surface area contributed by atoms with E-state index >= 15 is 0 Å². The predicted octanol–water partition coefficient (Wildman–Crippen LogP) is 2.69. The summed E-state index contributed by atoms with van der Waals surface area (Å²) in [5, 5.41) is 2.65. The Balaban J connectivity index is 2.42. The molecular formula is C6H8BrNOS. The van der Waals surface area contributed by atoms with E-state index in [1.807, 2.05) is 5.38 Å². The van der Waals surface area contributed by atoms with Crippen LogP contribution in [-0.2, 0) is 0 Å². The molecule has 0 aliphatic rings. The van der Waals surface area contributed by atoms with E-state index in [1.54, 1.807) is 0 Å². The van der Waals surface area contributed by atoms with Gasteiger partial charge < -0.3 is 4.74 Å². The van der Waals surface area contributed by atoms with Crippen molar-refractivity contribution < 1.29 is 4.74 Å². The van der Waals surface area contributed by atoms with Gasteiger partial charge in [0.2, 0.25) is 0 Å². The van der Waals surface area contributed by atoms with Crippen molar-refractivity contribution in [3.05, 3.63) is 9.98 Å². The largest absolute Gasteiger partial charge is 0.470 e. The van der Waals surface area contributed by atoms with Crippen molar-refractivity contribution >= 4 is 27.3 Å². The minimum absolute atomic E-state index is 0.744. The molecule has 0 aromatic carbocycles. The summed E-state index contributed by atoms with van der Waals surface area (Å²) in [7, 11) is 0. The zero-order valence-corrected chi connectivity index (χ0v) is 8.04. The maximum atomic E-state index is 5.25. The van der Waals surface area contributed by atoms with Crippen molar-refractivity contribution in [2.75, 3.05) is 6.61 Å². The third kappa shape index (κ3) is 2.27. The van der Waals surface area contributed by atoms with Gasteiger partial charge in [0.1, 0.15) is 4.60 Å². The van der Waals surface area contributed by atoms with Crippen LogP contribution >= 0.6 is 27.3 Å². The molecule has 1 heterocycles. The van der Waals surface area contributed by atoms with Crippen molar-refractivity contribution in [1.29, 1.82) is 0 Å². The normalized spacial score (nSPS) is 9.80. The maximum absolute atomic E-state index is 5.25. The van der Waals surface area contributed by atoms with Gasteiger partial charge in [-0.05, 0) is 22.4 Å². The molecule has 1 aromatic rings. The molecule has 0 aliphatic heterocycles. The second-order valence-corrected chi connectivity index (χ2v) is 3.42. The number of halogens is 1. The molecule has 1 aromatic heterocycles. The van der Waals surface area contributed by atoms with E-state index < -0.39 is 0 Å². The molecule has 56 valence electrons. The third-order valence-corrected chi connectivity index (χ3v) is 2.35. The molecule has 0 unspecified atom stereocenters. The van der Waals surface area contributed by atoms with Crippen molar-refractivity contribution in [1.82, 2.24) is 4.98 Å². The lowest BCUT2D eigenvalue weighted by molar-refractivity contribution is 0.315. The van der Waals surface area contributed by atoms with E-state index in [0.717, 1.165) is 22.8 Å². The van der Waals surface area contributed by atoms with E-state index in [4.69, 9.17) is 4.74 Å². The van der Waals surface area contributed by atoms with Gasteiger partial charge in [-0.1, -0.05) is 18.3 Å². The number of rotatable bonds is 3. The molecule has 0 atom stereocenters. The molecule has 10 heavy (non-hydrogen) atoms. The van der Waals surface area contributed by atoms with E-state index in [2.05, 4.69) is 27.8 Å². The fraction of sp³-hybridized carbons (Fsp3) is 0.500. The van der Waals surface area contributed by atoms with Crippen LogP contribution in [0.5, 0.6) is 5.19 Å². The van der Waals surface area contributed by atoms with E-state index in [9.17, 15) is 0 Å². The Labute approximate surface area is 72.4 Å². The Bertz CT molecular complexity index is 201. The predicted molar refractivity (Wildman–Crippen MR) is 45.6 cm³/mol. The minimum atomic E-state index is 0.744. The van der Waals surface area contributed by atoms with Gasteiger partial charge in [0.15, 0.2) is 0 Å². The van der Waals surface area contributed by atoms with Crippen LogP contribution in [-0.4, -0.2) is 11.6 Å². The maximum Gasteiger partial charge on any atom is 0.274 e. The second-order valence-electron chi connectivity index (χ2n) is 1.78. The summed E-state index contributed by atoms with van der Waals surface area (Å²) in [5.41, 5.74) is 0. The van der Waals surface area contributed by atoms with Crippen molar-refractivity contribution in [2.24, 2.45) is 0 Å². The monoisotopic (exact) mass is 221 g/mol. The van der Waals surface area contributed by atoms with Crippen LogP contribution in [0, 0.1) is 0 Å². The molecule has 0 fully saturated rings. The number of aromatic nitrogens is 1. The zero-order chi connectivity index (χ0) is 7.40. The lowest BCUT2D eigenvalue weighted by Gasteiger charge is -1.95. The molecule has 2 nitrogen and oxygen atoms in total. The summed E-state index contributed by atoms with van der Waals surface area (Å²) in [5.74, 6) is 0. The molecular weight excluding hydrogens is 214 g/mol. The molecule has 0 spiro atoms. The lowest BCUT2D eigenvalue weighted by Crippen LogP contribution is -1.93. The highest BCUT2D eigenvalue weighted by atomic mass is 79.9. The summed E-state index contributed by atoms with van der Waals surface area (Å²) >= 11 is 4.75. The van der Waals surface area contributed by atoms with Gasteiger partial charge in [-0.25, -0.2) is 0 Å². The number of hydrogen-bond acceptors (Lipinski definition) is 3. The molecule has 0 aliphatic carbocycles. The van der Waals surface area contributed by atoms with Gasteiger partial charge in [-0.15, -0.1) is 0 Å². The van der Waals surface area contributed by atoms with E-state index in [1.165, 1.54) is 11.3 Å². The zero-order valence-electron chi connectivity index (χ0n) is 5.63. The summed E-state index contributed by atoms with van der Waals surface area (Å²) in [6.45, 7) is 2.82. The average molecular weight is 222 g/mol. The highest BCUT2D eigenvalue weighted by molar-refractivity contribution is 9.10. The Hall–Kier alpha value is -0.0900. The van der Waals surface area contributed by atoms with Crippen LogP contribution < -0.4 is 4.74 Å². The van der Waals surface area contributed by atoms with Gasteiger partial charge in [-0.2, -0.15) is 4.98 Å². The highest BCUT2D eigenvalue weighted by Crippen LogP contribution is 2.21. The van der Waals surface area contributed by atoms with Crippen LogP contribution in [0.25, 0.3) is 0 Å². The summed E-state index contributed by atoms with van der Waals surface area (Å²) in [6.07, 6.45) is 1.02. The van der Waals surface area contributed by atoms with Crippen LogP contribution in [0.2, 0.25) is 0 Å². The van der Waals surface area contributed by atoms with Crippen molar-refractivity contribution in [3.8, 4) is 5.19 Å². The van der Waals surface area contributed by atoms with Crippen LogP contribution in [0.3, 0.4) is 0 Å². The fourth-order valence-corrected chi connectivity index (χ4v) is 1.61. The standard InChI is InChI=1S/C6H8BrNOS/c1-2-3-9-6-8-5(7)4-10-6/h4H,2-3H2,1H3. The van der Waals surface area contributed by atoms with Crippen LogP contribution in [0.15, 0.2) is 9.98 Å². The van der Waals surface area contributed by atoms with Crippen molar-refractivity contribution in [3.63, 3.8) is 0 Å². The van der Waals surface area contributed by atoms with Crippen LogP contribution in [0.1, 0.15) is 13.3 Å². The number of hydrogen-bond donors (Lipinski definition) is 0. The first-order chi connectivity index (χ1) is 4.83. The SMILES string of the molecule is CCCOc1nc(Br)cs1. The molecule has 1 rings (SSSR count). The molecule has 0 saturated heterocycles. The van der Waals surface area contributed by atoms with Gasteiger partial charge in [0.25, 0.3) is 5.19 Å². The van der Waals surface area contributed by atoms with Gasteiger partial charge >= 0.3 is 0 Å². The number of ether oxygens (including phenoxy) is 1. The summed E-state index contributed by atoms with van der Waals surface area (Å²) < 4.78 is 6.10. The third-order valence-electron chi connectivity index (χ3n) is 0.885. The Morgan fingerprint density at radius 1 is 1.80 bits per heavy atom. The highest BCUT2D eigenvalue weighted by Gasteiger charge is 1.97. The quantitative estimate of drug-likeness (QED) is 0.784. The number of thiazole rings is 1. The fourth-order valence-electron chi connectivity index (χ4n) is 0.495. The first kappa shape index (κ1) is 8.01. The second kappa shape index (κ2) is 3.93. The summed E-state index contributed by atoms with van der Waals surface area (Å²) in [6, 6.07) is 0. The smallest absolute Gasteiger partial charge is 0.274 e. The molecule has 0 bridgehead atoms. The van der Waals surface area contributed by atoms with Gasteiger partial charge in [-0.3, -0.25) is 0 Å². The number of nitrogens with zero attached hydrogens (tertiary/aromatic N) is 1. The van der Waals surface area contributed by atoms with Gasteiger partial charge in [0.05, 0.1) is 6.61 Å². The van der Waals surface area contributed by atoms with Crippen molar-refractivity contribution in [2.45, 2.75) is 13.3 Å². The molecule has 4 heteroatoms. The first-order valence-electron chi connectivity index (χ1n) is 3.06. The minimum Gasteiger partial charge on any atom is -0.470 e. The molecule has 0 saturated carbocycles. The first-order valence-corrected chi connectivity index (χ1v) is 4.74. The van der Waals surface area contributed by atoms with Gasteiger partial charge in [0, 0.05) is 5.38 Å².